The number of para-hydroxylation sites is 1. The van der Waals surface area contributed by atoms with Crippen LogP contribution in [-0.2, 0) is 6.42 Å². The van der Waals surface area contributed by atoms with E-state index < -0.39 is 23.4 Å². The largest absolute Gasteiger partial charge is 0.298 e. The summed E-state index contributed by atoms with van der Waals surface area (Å²) in [5.74, 6) is -2.16. The molecule has 0 unspecified atom stereocenters. The van der Waals surface area contributed by atoms with Gasteiger partial charge < -0.3 is 0 Å². The zero-order chi connectivity index (χ0) is 21.3. The van der Waals surface area contributed by atoms with Gasteiger partial charge in [-0.1, -0.05) is 18.2 Å². The van der Waals surface area contributed by atoms with Gasteiger partial charge >= 0.3 is 0 Å². The standard InChI is InChI=1S/C21H15F3N4OS/c1-12-16(11-26-28(12)19-5-3-2-4-17(19)23)20(29)27-21-25-10-15(30-21)8-13-6-7-14(22)9-18(13)24/h2-7,9-11H,8H2,1H3,(H,25,27,29). The number of carbonyl (C=O) groups is 1. The molecule has 2 heterocycles. The number of amides is 1. The van der Waals surface area contributed by atoms with Crippen molar-refractivity contribution in [3.63, 3.8) is 0 Å². The van der Waals surface area contributed by atoms with E-state index >= 15 is 0 Å². The summed E-state index contributed by atoms with van der Waals surface area (Å²) in [4.78, 5) is 17.5. The first kappa shape index (κ1) is 19.8. The maximum atomic E-state index is 14.0. The van der Waals surface area contributed by atoms with Gasteiger partial charge in [-0.15, -0.1) is 11.3 Å². The molecule has 2 aromatic carbocycles. The van der Waals surface area contributed by atoms with Crippen LogP contribution >= 0.6 is 11.3 Å². The average molecular weight is 428 g/mol. The molecule has 0 saturated carbocycles. The zero-order valence-electron chi connectivity index (χ0n) is 15.7. The molecule has 9 heteroatoms. The number of anilines is 1. The molecule has 152 valence electrons. The van der Waals surface area contributed by atoms with E-state index in [0.29, 0.717) is 21.3 Å². The lowest BCUT2D eigenvalue weighted by atomic mass is 10.1. The van der Waals surface area contributed by atoms with Crippen molar-refractivity contribution in [1.82, 2.24) is 14.8 Å². The minimum Gasteiger partial charge on any atom is -0.298 e. The molecule has 0 fully saturated rings. The number of carbonyl (C=O) groups excluding carboxylic acids is 1. The van der Waals surface area contributed by atoms with Crippen molar-refractivity contribution < 1.29 is 18.0 Å². The second-order valence-corrected chi connectivity index (χ2v) is 7.62. The molecule has 0 aliphatic heterocycles. The Bertz CT molecular complexity index is 1230. The summed E-state index contributed by atoms with van der Waals surface area (Å²) < 4.78 is 42.2. The summed E-state index contributed by atoms with van der Waals surface area (Å²) in [6.45, 7) is 1.67. The van der Waals surface area contributed by atoms with Crippen LogP contribution in [0.5, 0.6) is 0 Å². The minimum absolute atomic E-state index is 0.226. The lowest BCUT2D eigenvalue weighted by molar-refractivity contribution is 0.102. The molecule has 4 rings (SSSR count). The van der Waals surface area contributed by atoms with Crippen LogP contribution in [0, 0.1) is 24.4 Å². The first-order valence-corrected chi connectivity index (χ1v) is 9.73. The van der Waals surface area contributed by atoms with Crippen molar-refractivity contribution >= 4 is 22.4 Å². The fraction of sp³-hybridized carbons (Fsp3) is 0.0952. The van der Waals surface area contributed by atoms with Crippen LogP contribution in [0.2, 0.25) is 0 Å². The summed E-state index contributed by atoms with van der Waals surface area (Å²) in [7, 11) is 0. The van der Waals surface area contributed by atoms with Gasteiger partial charge in [-0.3, -0.25) is 10.1 Å². The third-order valence-electron chi connectivity index (χ3n) is 4.49. The van der Waals surface area contributed by atoms with Gasteiger partial charge in [0.1, 0.15) is 23.1 Å². The number of thiazole rings is 1. The number of hydrogen-bond acceptors (Lipinski definition) is 4. The van der Waals surface area contributed by atoms with Gasteiger partial charge in [0.15, 0.2) is 5.13 Å². The molecule has 0 bridgehead atoms. The molecule has 1 N–H and O–H groups in total. The molecule has 0 radical (unpaired) electrons. The Kier molecular flexibility index (Phi) is 5.37. The van der Waals surface area contributed by atoms with Crippen molar-refractivity contribution in [2.45, 2.75) is 13.3 Å². The van der Waals surface area contributed by atoms with Gasteiger partial charge in [-0.2, -0.15) is 5.10 Å². The van der Waals surface area contributed by atoms with E-state index in [-0.39, 0.29) is 17.7 Å². The molecule has 0 saturated heterocycles. The number of nitrogens with one attached hydrogen (secondary N) is 1. The number of rotatable bonds is 5. The summed E-state index contributed by atoms with van der Waals surface area (Å²) in [6, 6.07) is 9.54. The van der Waals surface area contributed by atoms with Gasteiger partial charge in [0.25, 0.3) is 5.91 Å². The normalized spacial score (nSPS) is 10.9. The number of hydrogen-bond donors (Lipinski definition) is 1. The first-order chi connectivity index (χ1) is 14.4. The minimum atomic E-state index is -0.639. The molecule has 30 heavy (non-hydrogen) atoms. The van der Waals surface area contributed by atoms with E-state index in [1.54, 1.807) is 25.1 Å². The Balaban J connectivity index is 1.49. The molecule has 5 nitrogen and oxygen atoms in total. The lowest BCUT2D eigenvalue weighted by Gasteiger charge is -2.06. The highest BCUT2D eigenvalue weighted by atomic mass is 32.1. The molecule has 0 aliphatic carbocycles. The molecule has 4 aromatic rings. The summed E-state index contributed by atoms with van der Waals surface area (Å²) in [5.41, 5.74) is 1.33. The first-order valence-electron chi connectivity index (χ1n) is 8.92. The predicted molar refractivity (Wildman–Crippen MR) is 107 cm³/mol. The number of halogens is 3. The fourth-order valence-corrected chi connectivity index (χ4v) is 3.79. The number of nitrogens with zero attached hydrogens (tertiary/aromatic N) is 3. The molecule has 1 amide bonds. The predicted octanol–water partition coefficient (Wildman–Crippen LogP) is 4.90. The number of aromatic nitrogens is 3. The van der Waals surface area contributed by atoms with Crippen molar-refractivity contribution in [1.29, 1.82) is 0 Å². The quantitative estimate of drug-likeness (QED) is 0.492. The van der Waals surface area contributed by atoms with E-state index in [1.807, 2.05) is 0 Å². The molecule has 0 atom stereocenters. The fourth-order valence-electron chi connectivity index (χ4n) is 2.96. The maximum Gasteiger partial charge on any atom is 0.260 e. The van der Waals surface area contributed by atoms with Crippen molar-refractivity contribution in [3.8, 4) is 5.69 Å². The smallest absolute Gasteiger partial charge is 0.260 e. The van der Waals surface area contributed by atoms with Crippen molar-refractivity contribution in [2.75, 3.05) is 5.32 Å². The van der Waals surface area contributed by atoms with Gasteiger partial charge in [-0.25, -0.2) is 22.8 Å². The Morgan fingerprint density at radius 1 is 1.10 bits per heavy atom. The topological polar surface area (TPSA) is 59.8 Å². The van der Waals surface area contributed by atoms with E-state index in [1.165, 1.54) is 46.6 Å². The average Bonchev–Trinajstić information content (AvgIpc) is 3.31. The van der Waals surface area contributed by atoms with Crippen LogP contribution in [0.1, 0.15) is 26.5 Å². The summed E-state index contributed by atoms with van der Waals surface area (Å²) >= 11 is 1.18. The van der Waals surface area contributed by atoms with Crippen LogP contribution in [0.3, 0.4) is 0 Å². The summed E-state index contributed by atoms with van der Waals surface area (Å²) in [5, 5.41) is 7.12. The second-order valence-electron chi connectivity index (χ2n) is 6.51. The van der Waals surface area contributed by atoms with Gasteiger partial charge in [0.05, 0.1) is 17.5 Å². The Morgan fingerprint density at radius 2 is 1.90 bits per heavy atom. The van der Waals surface area contributed by atoms with Crippen LogP contribution in [0.15, 0.2) is 54.9 Å². The van der Waals surface area contributed by atoms with E-state index in [0.717, 1.165) is 6.07 Å². The van der Waals surface area contributed by atoms with Crippen molar-refractivity contribution in [2.24, 2.45) is 0 Å². The van der Waals surface area contributed by atoms with Crippen molar-refractivity contribution in [3.05, 3.63) is 94.0 Å². The van der Waals surface area contributed by atoms with E-state index in [9.17, 15) is 18.0 Å². The van der Waals surface area contributed by atoms with Crippen LogP contribution in [-0.4, -0.2) is 20.7 Å². The van der Waals surface area contributed by atoms with Gasteiger partial charge in [0, 0.05) is 23.6 Å². The Hall–Kier alpha value is -3.46. The van der Waals surface area contributed by atoms with E-state index in [2.05, 4.69) is 15.4 Å². The third kappa shape index (κ3) is 3.97. The second kappa shape index (κ2) is 8.11. The van der Waals surface area contributed by atoms with Gasteiger partial charge in [0.2, 0.25) is 0 Å². The van der Waals surface area contributed by atoms with Crippen LogP contribution < -0.4 is 5.32 Å². The highest BCUT2D eigenvalue weighted by molar-refractivity contribution is 7.15. The Labute approximate surface area is 173 Å². The summed E-state index contributed by atoms with van der Waals surface area (Å²) in [6.07, 6.45) is 3.11. The third-order valence-corrected chi connectivity index (χ3v) is 5.40. The van der Waals surface area contributed by atoms with Crippen LogP contribution in [0.25, 0.3) is 5.69 Å². The van der Waals surface area contributed by atoms with Crippen LogP contribution in [0.4, 0.5) is 18.3 Å². The zero-order valence-corrected chi connectivity index (χ0v) is 16.5. The molecular weight excluding hydrogens is 413 g/mol. The highest BCUT2D eigenvalue weighted by Crippen LogP contribution is 2.24. The number of benzene rings is 2. The molecular formula is C21H15F3N4OS. The Morgan fingerprint density at radius 3 is 2.67 bits per heavy atom. The van der Waals surface area contributed by atoms with E-state index in [4.69, 9.17) is 0 Å². The SMILES string of the molecule is Cc1c(C(=O)Nc2ncc(Cc3ccc(F)cc3F)s2)cnn1-c1ccccc1F. The molecule has 0 spiro atoms. The highest BCUT2D eigenvalue weighted by Gasteiger charge is 2.18. The maximum absolute atomic E-state index is 14.0. The molecule has 0 aliphatic rings. The molecule has 2 aromatic heterocycles. The monoisotopic (exact) mass is 428 g/mol. The van der Waals surface area contributed by atoms with Gasteiger partial charge in [-0.05, 0) is 30.7 Å². The lowest BCUT2D eigenvalue weighted by Crippen LogP contribution is -2.13.